The third kappa shape index (κ3) is 2.67. The molecule has 0 aliphatic heterocycles. The van der Waals surface area contributed by atoms with Crippen LogP contribution in [0.5, 0.6) is 0 Å². The number of para-hydroxylation sites is 1. The van der Waals surface area contributed by atoms with Gasteiger partial charge in [-0.25, -0.2) is 0 Å². The lowest BCUT2D eigenvalue weighted by molar-refractivity contribution is -0.117. The van der Waals surface area contributed by atoms with Gasteiger partial charge in [-0.15, -0.1) is 0 Å². The molecule has 2 rings (SSSR count). The van der Waals surface area contributed by atoms with E-state index in [1.165, 1.54) is 0 Å². The first-order chi connectivity index (χ1) is 9.36. The second-order valence-corrected chi connectivity index (χ2v) is 11.6. The predicted octanol–water partition coefficient (Wildman–Crippen LogP) is 3.28. The monoisotopic (exact) mass is 287 g/mol. The van der Waals surface area contributed by atoms with E-state index in [-0.39, 0.29) is 17.9 Å². The summed E-state index contributed by atoms with van der Waals surface area (Å²) < 4.78 is 0. The van der Waals surface area contributed by atoms with Crippen molar-refractivity contribution in [2.24, 2.45) is 0 Å². The minimum absolute atomic E-state index is 0.0629. The highest BCUT2D eigenvalue weighted by Crippen LogP contribution is 2.33. The van der Waals surface area contributed by atoms with E-state index in [2.05, 4.69) is 24.6 Å². The molecule has 2 aromatic rings. The Kier molecular flexibility index (Phi) is 4.06. The SMILES string of the molecule is CC(=O)C(c1cnc2ccccc2c1CO)[Si](C)(C)C. The molecule has 0 aliphatic rings. The number of hydrogen-bond donors (Lipinski definition) is 1. The summed E-state index contributed by atoms with van der Waals surface area (Å²) in [6, 6.07) is 7.75. The average Bonchev–Trinajstić information content (AvgIpc) is 2.36. The van der Waals surface area contributed by atoms with Gasteiger partial charge in [0.25, 0.3) is 0 Å². The minimum Gasteiger partial charge on any atom is -0.392 e. The number of aliphatic hydroxyl groups is 1. The summed E-state index contributed by atoms with van der Waals surface area (Å²) in [5.41, 5.74) is 2.48. The first kappa shape index (κ1) is 14.9. The summed E-state index contributed by atoms with van der Waals surface area (Å²) in [7, 11) is -1.73. The number of ketones is 1. The van der Waals surface area contributed by atoms with E-state index in [1.54, 1.807) is 13.1 Å². The van der Waals surface area contributed by atoms with E-state index in [9.17, 15) is 9.90 Å². The van der Waals surface area contributed by atoms with Crippen LogP contribution in [0, 0.1) is 0 Å². The van der Waals surface area contributed by atoms with E-state index in [0.717, 1.165) is 22.0 Å². The zero-order chi connectivity index (χ0) is 14.9. The van der Waals surface area contributed by atoms with Gasteiger partial charge in [-0.3, -0.25) is 9.78 Å². The maximum atomic E-state index is 12.1. The van der Waals surface area contributed by atoms with Crippen LogP contribution in [0.1, 0.15) is 23.6 Å². The molecule has 0 saturated carbocycles. The third-order valence-corrected chi connectivity index (χ3v) is 6.11. The number of hydrogen-bond acceptors (Lipinski definition) is 3. The molecule has 1 N–H and O–H groups in total. The number of fused-ring (bicyclic) bond motifs is 1. The molecule has 0 saturated heterocycles. The maximum Gasteiger partial charge on any atom is 0.134 e. The van der Waals surface area contributed by atoms with Gasteiger partial charge in [-0.05, 0) is 24.1 Å². The lowest BCUT2D eigenvalue weighted by Gasteiger charge is -2.28. The van der Waals surface area contributed by atoms with E-state index in [0.29, 0.717) is 0 Å². The first-order valence-electron chi connectivity index (χ1n) is 6.84. The molecule has 1 unspecified atom stereocenters. The second kappa shape index (κ2) is 5.46. The van der Waals surface area contributed by atoms with Crippen molar-refractivity contribution >= 4 is 24.8 Å². The molecule has 1 aromatic carbocycles. The number of benzene rings is 1. The number of carbonyl (C=O) groups is 1. The van der Waals surface area contributed by atoms with E-state index >= 15 is 0 Å². The Morgan fingerprint density at radius 3 is 2.50 bits per heavy atom. The summed E-state index contributed by atoms with van der Waals surface area (Å²) >= 11 is 0. The number of nitrogens with zero attached hydrogens (tertiary/aromatic N) is 1. The largest absolute Gasteiger partial charge is 0.392 e. The summed E-state index contributed by atoms with van der Waals surface area (Å²) in [6.07, 6.45) is 1.78. The predicted molar refractivity (Wildman–Crippen MR) is 84.4 cm³/mol. The molecule has 1 atom stereocenters. The molecule has 1 aromatic heterocycles. The molecule has 0 spiro atoms. The lowest BCUT2D eigenvalue weighted by Crippen LogP contribution is -2.36. The van der Waals surface area contributed by atoms with Crippen molar-refractivity contribution in [2.45, 2.75) is 38.7 Å². The second-order valence-electron chi connectivity index (χ2n) is 6.28. The summed E-state index contributed by atoms with van der Waals surface area (Å²) in [5.74, 6) is 0.163. The van der Waals surface area contributed by atoms with Crippen LogP contribution in [0.4, 0.5) is 0 Å². The molecule has 1 heterocycles. The highest BCUT2D eigenvalue weighted by molar-refractivity contribution is 6.80. The molecular weight excluding hydrogens is 266 g/mol. The van der Waals surface area contributed by atoms with Gasteiger partial charge < -0.3 is 5.11 Å². The topological polar surface area (TPSA) is 50.2 Å². The smallest absolute Gasteiger partial charge is 0.134 e. The fourth-order valence-corrected chi connectivity index (χ4v) is 5.34. The quantitative estimate of drug-likeness (QED) is 0.878. The highest BCUT2D eigenvalue weighted by Gasteiger charge is 2.34. The number of aliphatic hydroxyl groups excluding tert-OH is 1. The van der Waals surface area contributed by atoms with Crippen molar-refractivity contribution in [3.05, 3.63) is 41.6 Å². The lowest BCUT2D eigenvalue weighted by atomic mass is 10.00. The van der Waals surface area contributed by atoms with Crippen LogP contribution in [0.3, 0.4) is 0 Å². The summed E-state index contributed by atoms with van der Waals surface area (Å²) in [5, 5.41) is 10.7. The van der Waals surface area contributed by atoms with Crippen molar-refractivity contribution in [1.82, 2.24) is 4.98 Å². The fraction of sp³-hybridized carbons (Fsp3) is 0.375. The number of carbonyl (C=O) groups excluding carboxylic acids is 1. The van der Waals surface area contributed by atoms with E-state index in [4.69, 9.17) is 0 Å². The van der Waals surface area contributed by atoms with Gasteiger partial charge in [0.15, 0.2) is 0 Å². The Bertz CT molecular complexity index is 646. The molecule has 3 nitrogen and oxygen atoms in total. The molecule has 106 valence electrons. The number of aromatic nitrogens is 1. The Hall–Kier alpha value is -1.52. The zero-order valence-corrected chi connectivity index (χ0v) is 13.5. The molecule has 4 heteroatoms. The fourth-order valence-electron chi connectivity index (χ4n) is 2.93. The molecule has 0 fully saturated rings. The zero-order valence-electron chi connectivity index (χ0n) is 12.5. The van der Waals surface area contributed by atoms with Gasteiger partial charge in [-0.2, -0.15) is 0 Å². The van der Waals surface area contributed by atoms with Crippen molar-refractivity contribution in [3.8, 4) is 0 Å². The third-order valence-electron chi connectivity index (χ3n) is 3.66. The van der Waals surface area contributed by atoms with E-state index < -0.39 is 8.07 Å². The van der Waals surface area contributed by atoms with Gasteiger partial charge in [0.2, 0.25) is 0 Å². The number of pyridine rings is 1. The van der Waals surface area contributed by atoms with E-state index in [1.807, 2.05) is 24.3 Å². The summed E-state index contributed by atoms with van der Waals surface area (Å²) in [4.78, 5) is 16.6. The van der Waals surface area contributed by atoms with Crippen molar-refractivity contribution in [3.63, 3.8) is 0 Å². The standard InChI is InChI=1S/C16H21NO2Si/c1-11(19)16(20(2,3)4)13-9-17-15-8-6-5-7-12(15)14(13)10-18/h5-9,16,18H,10H2,1-4H3. The molecular formula is C16H21NO2Si. The van der Waals surface area contributed by atoms with Crippen LogP contribution in [0.25, 0.3) is 10.9 Å². The van der Waals surface area contributed by atoms with Crippen LogP contribution in [-0.4, -0.2) is 23.9 Å². The Labute approximate surface area is 120 Å². The van der Waals surface area contributed by atoms with Crippen LogP contribution < -0.4 is 0 Å². The molecule has 0 bridgehead atoms. The molecule has 20 heavy (non-hydrogen) atoms. The Balaban J connectivity index is 2.73. The van der Waals surface area contributed by atoms with Gasteiger partial charge in [-0.1, -0.05) is 37.8 Å². The molecule has 0 amide bonds. The molecule has 0 aliphatic carbocycles. The summed E-state index contributed by atoms with van der Waals surface area (Å²) in [6.45, 7) is 8.10. The van der Waals surface area contributed by atoms with Gasteiger partial charge in [0, 0.05) is 17.1 Å². The number of Topliss-reactive ketones (excluding diaryl/α,β-unsaturated/α-hetero) is 1. The van der Waals surface area contributed by atoms with Crippen molar-refractivity contribution in [1.29, 1.82) is 0 Å². The van der Waals surface area contributed by atoms with Crippen LogP contribution >= 0.6 is 0 Å². The molecule has 0 radical (unpaired) electrons. The number of rotatable bonds is 4. The Morgan fingerprint density at radius 2 is 1.95 bits per heavy atom. The van der Waals surface area contributed by atoms with Crippen molar-refractivity contribution < 1.29 is 9.90 Å². The van der Waals surface area contributed by atoms with Gasteiger partial charge >= 0.3 is 0 Å². The highest BCUT2D eigenvalue weighted by atomic mass is 28.3. The first-order valence-corrected chi connectivity index (χ1v) is 10.4. The van der Waals surface area contributed by atoms with Crippen LogP contribution in [0.15, 0.2) is 30.5 Å². The van der Waals surface area contributed by atoms with Crippen molar-refractivity contribution in [2.75, 3.05) is 0 Å². The van der Waals surface area contributed by atoms with Crippen LogP contribution in [0.2, 0.25) is 19.6 Å². The average molecular weight is 287 g/mol. The van der Waals surface area contributed by atoms with Gasteiger partial charge in [0.1, 0.15) is 5.78 Å². The van der Waals surface area contributed by atoms with Gasteiger partial charge in [0.05, 0.1) is 20.2 Å². The minimum atomic E-state index is -1.73. The normalized spacial score (nSPS) is 13.4. The Morgan fingerprint density at radius 1 is 1.30 bits per heavy atom. The maximum absolute atomic E-state index is 12.1. The van der Waals surface area contributed by atoms with Crippen LogP contribution in [-0.2, 0) is 11.4 Å².